The molecule has 302 valence electrons. The summed E-state index contributed by atoms with van der Waals surface area (Å²) in [4.78, 5) is 2.26. The van der Waals surface area contributed by atoms with Crippen molar-refractivity contribution in [2.75, 3.05) is 4.90 Å². The summed E-state index contributed by atoms with van der Waals surface area (Å²) in [5.74, 6) is 1.73. The van der Waals surface area contributed by atoms with Crippen LogP contribution in [0.5, 0.6) is 11.5 Å². The Bertz CT molecular complexity index is 3170. The monoisotopic (exact) mass is 813 g/mol. The van der Waals surface area contributed by atoms with Gasteiger partial charge in [-0.2, -0.15) is 10.2 Å². The van der Waals surface area contributed by atoms with Crippen LogP contribution in [-0.4, -0.2) is 19.6 Å². The van der Waals surface area contributed by atoms with Crippen molar-refractivity contribution in [3.05, 3.63) is 236 Å². The zero-order valence-corrected chi connectivity index (χ0v) is 35.0. The minimum atomic E-state index is -0.339. The summed E-state index contributed by atoms with van der Waals surface area (Å²) in [6.45, 7) is 4.60. The summed E-state index contributed by atoms with van der Waals surface area (Å²) in [5.41, 5.74) is 15.7. The van der Waals surface area contributed by atoms with E-state index in [1.54, 1.807) is 6.20 Å². The van der Waals surface area contributed by atoms with Crippen LogP contribution in [0.3, 0.4) is 0 Å². The summed E-state index contributed by atoms with van der Waals surface area (Å²) >= 11 is 0. The van der Waals surface area contributed by atoms with Crippen molar-refractivity contribution >= 4 is 17.1 Å². The van der Waals surface area contributed by atoms with E-state index in [0.29, 0.717) is 0 Å². The van der Waals surface area contributed by atoms with Crippen LogP contribution in [0.4, 0.5) is 17.1 Å². The van der Waals surface area contributed by atoms with Crippen molar-refractivity contribution in [2.24, 2.45) is 0 Å². The Morgan fingerprint density at radius 3 is 1.51 bits per heavy atom. The molecule has 0 saturated carbocycles. The van der Waals surface area contributed by atoms with E-state index in [0.717, 1.165) is 84.4 Å². The molecule has 6 heteroatoms. The number of rotatable bonds is 9. The van der Waals surface area contributed by atoms with E-state index in [4.69, 9.17) is 9.84 Å². The smallest absolute Gasteiger partial charge is 0.139 e. The molecule has 3 heterocycles. The van der Waals surface area contributed by atoms with Gasteiger partial charge in [0.1, 0.15) is 11.5 Å². The minimum absolute atomic E-state index is 0.339. The Balaban J connectivity index is 0.977. The molecule has 0 fully saturated rings. The van der Waals surface area contributed by atoms with Gasteiger partial charge < -0.3 is 9.64 Å². The number of fused-ring (bicyclic) bond motifs is 2. The number of nitrogens with zero attached hydrogens (tertiary/aromatic N) is 5. The lowest BCUT2D eigenvalue weighted by molar-refractivity contribution is 0.421. The first-order chi connectivity index (χ1) is 31.0. The van der Waals surface area contributed by atoms with Gasteiger partial charge in [-0.15, -0.1) is 0 Å². The maximum Gasteiger partial charge on any atom is 0.139 e. The van der Waals surface area contributed by atoms with Crippen LogP contribution >= 0.6 is 0 Å². The van der Waals surface area contributed by atoms with Crippen LogP contribution in [0.15, 0.2) is 225 Å². The zero-order valence-electron chi connectivity index (χ0n) is 35.0. The van der Waals surface area contributed by atoms with E-state index >= 15 is 0 Å². The van der Waals surface area contributed by atoms with Crippen molar-refractivity contribution in [1.29, 1.82) is 0 Å². The minimum Gasteiger partial charge on any atom is -0.455 e. The molecule has 1 aliphatic rings. The van der Waals surface area contributed by atoms with Gasteiger partial charge in [0, 0.05) is 68.9 Å². The van der Waals surface area contributed by atoms with Gasteiger partial charge in [-0.3, -0.25) is 0 Å². The number of ether oxygens (including phenoxy) is 1. The Morgan fingerprint density at radius 2 is 0.937 bits per heavy atom. The zero-order chi connectivity index (χ0) is 42.3. The molecule has 0 N–H and O–H groups in total. The topological polar surface area (TPSA) is 48.1 Å². The molecule has 0 aliphatic carbocycles. The molecule has 0 atom stereocenters. The second kappa shape index (κ2) is 15.7. The summed E-state index contributed by atoms with van der Waals surface area (Å²) in [6, 6.07) is 70.4. The third-order valence-corrected chi connectivity index (χ3v) is 12.2. The van der Waals surface area contributed by atoms with Crippen molar-refractivity contribution in [3.8, 4) is 67.4 Å². The van der Waals surface area contributed by atoms with Crippen molar-refractivity contribution in [3.63, 3.8) is 0 Å². The highest BCUT2D eigenvalue weighted by molar-refractivity contribution is 5.86. The van der Waals surface area contributed by atoms with Gasteiger partial charge in [-0.1, -0.05) is 141 Å². The quantitative estimate of drug-likeness (QED) is 0.146. The fourth-order valence-corrected chi connectivity index (χ4v) is 8.96. The molecule has 0 bridgehead atoms. The number of benzene rings is 8. The predicted molar refractivity (Wildman–Crippen MR) is 256 cm³/mol. The van der Waals surface area contributed by atoms with E-state index in [-0.39, 0.29) is 5.41 Å². The molecule has 0 amide bonds. The molecule has 2 aromatic heterocycles. The Kier molecular flexibility index (Phi) is 9.39. The van der Waals surface area contributed by atoms with Crippen LogP contribution in [0.25, 0.3) is 55.9 Å². The number of aromatic nitrogens is 4. The van der Waals surface area contributed by atoms with Gasteiger partial charge in [0.15, 0.2) is 0 Å². The Morgan fingerprint density at radius 1 is 0.429 bits per heavy atom. The first kappa shape index (κ1) is 37.8. The molecular formula is C57H43N5O. The molecule has 0 radical (unpaired) electrons. The molecule has 0 spiro atoms. The molecule has 6 nitrogen and oxygen atoms in total. The SMILES string of the molecule is CC1(C)c2cccc(-c3cc(-c4ccccc4)cc(-c4ccccc4)c3)c2Oc2c(-c3cnn(-c4cccc(N(c5ccccc5)c5cccc(-n6cccn6)c5)c4)c3)cccc21. The first-order valence-corrected chi connectivity index (χ1v) is 21.3. The van der Waals surface area contributed by atoms with Gasteiger partial charge in [0.05, 0.1) is 17.6 Å². The van der Waals surface area contributed by atoms with Gasteiger partial charge in [0.25, 0.3) is 0 Å². The van der Waals surface area contributed by atoms with Crippen LogP contribution in [-0.2, 0) is 5.41 Å². The van der Waals surface area contributed by atoms with Gasteiger partial charge in [-0.25, -0.2) is 9.36 Å². The number of hydrogen-bond donors (Lipinski definition) is 0. The predicted octanol–water partition coefficient (Wildman–Crippen LogP) is 14.6. The van der Waals surface area contributed by atoms with E-state index in [2.05, 4.69) is 218 Å². The fraction of sp³-hybridized carbons (Fsp3) is 0.0526. The van der Waals surface area contributed by atoms with Crippen molar-refractivity contribution < 1.29 is 4.74 Å². The van der Waals surface area contributed by atoms with Gasteiger partial charge in [-0.05, 0) is 101 Å². The molecule has 8 aromatic carbocycles. The number of para-hydroxylation sites is 3. The summed E-state index contributed by atoms with van der Waals surface area (Å²) < 4.78 is 11.1. The molecule has 0 unspecified atom stereocenters. The third-order valence-electron chi connectivity index (χ3n) is 12.2. The highest BCUT2D eigenvalue weighted by Crippen LogP contribution is 2.54. The maximum absolute atomic E-state index is 7.23. The normalized spacial score (nSPS) is 12.5. The summed E-state index contributed by atoms with van der Waals surface area (Å²) in [5, 5.41) is 9.44. The Labute approximate surface area is 367 Å². The lowest BCUT2D eigenvalue weighted by Crippen LogP contribution is -2.25. The average molecular weight is 814 g/mol. The first-order valence-electron chi connectivity index (χ1n) is 21.3. The third kappa shape index (κ3) is 6.98. The highest BCUT2D eigenvalue weighted by Gasteiger charge is 2.37. The van der Waals surface area contributed by atoms with Gasteiger partial charge >= 0.3 is 0 Å². The maximum atomic E-state index is 7.23. The van der Waals surface area contributed by atoms with E-state index < -0.39 is 0 Å². The largest absolute Gasteiger partial charge is 0.455 e. The average Bonchev–Trinajstić information content (AvgIpc) is 4.07. The van der Waals surface area contributed by atoms with Crippen LogP contribution in [0, 0.1) is 0 Å². The number of hydrogen-bond acceptors (Lipinski definition) is 4. The Hall–Kier alpha value is -8.22. The molecule has 1 aliphatic heterocycles. The lowest BCUT2D eigenvalue weighted by Gasteiger charge is -2.36. The van der Waals surface area contributed by atoms with Crippen molar-refractivity contribution in [2.45, 2.75) is 19.3 Å². The van der Waals surface area contributed by atoms with E-state index in [9.17, 15) is 0 Å². The summed E-state index contributed by atoms with van der Waals surface area (Å²) in [6.07, 6.45) is 7.80. The van der Waals surface area contributed by atoms with Crippen molar-refractivity contribution in [1.82, 2.24) is 19.6 Å². The van der Waals surface area contributed by atoms with Crippen LogP contribution in [0.1, 0.15) is 25.0 Å². The van der Waals surface area contributed by atoms with E-state index in [1.807, 2.05) is 33.9 Å². The molecule has 63 heavy (non-hydrogen) atoms. The number of anilines is 3. The highest BCUT2D eigenvalue weighted by atomic mass is 16.5. The molecule has 0 saturated heterocycles. The second-order valence-corrected chi connectivity index (χ2v) is 16.5. The molecule has 11 rings (SSSR count). The van der Waals surface area contributed by atoms with Crippen LogP contribution < -0.4 is 9.64 Å². The molecule has 10 aromatic rings. The summed E-state index contributed by atoms with van der Waals surface area (Å²) in [7, 11) is 0. The molecular weight excluding hydrogens is 771 g/mol. The van der Waals surface area contributed by atoms with Crippen LogP contribution in [0.2, 0.25) is 0 Å². The van der Waals surface area contributed by atoms with Gasteiger partial charge in [0.2, 0.25) is 0 Å². The standard InChI is InChI=1S/C57H43N5O/c1-57(2)53-29-14-27-51(44-34-42(40-17-6-3-7-18-40)33-43(35-44)41-19-8-4-9-20-41)55(53)63-56-52(28-15-30-54(56)57)45-38-59-61(39-45)48-24-13-26-50(37-48)62(46-21-10-5-11-22-46)49-25-12-23-47(36-49)60-32-16-31-58-60/h3-39H,1-2H3. The van der Waals surface area contributed by atoms with E-state index in [1.165, 1.54) is 11.1 Å². The fourth-order valence-electron chi connectivity index (χ4n) is 8.96. The lowest BCUT2D eigenvalue weighted by atomic mass is 9.74. The second-order valence-electron chi connectivity index (χ2n) is 16.5.